The Hall–Kier alpha value is -1.62. The highest BCUT2D eigenvalue weighted by atomic mass is 79.9. The van der Waals surface area contributed by atoms with Crippen molar-refractivity contribution in [3.63, 3.8) is 0 Å². The molecule has 0 aliphatic rings. The second-order valence-electron chi connectivity index (χ2n) is 3.82. The third-order valence-electron chi connectivity index (χ3n) is 2.44. The summed E-state index contributed by atoms with van der Waals surface area (Å²) in [5.74, 6) is 0. The van der Waals surface area contributed by atoms with E-state index in [-0.39, 0.29) is 12.1 Å². The van der Waals surface area contributed by atoms with Gasteiger partial charge in [0.2, 0.25) is 0 Å². The minimum Gasteiger partial charge on any atom is -0.313 e. The van der Waals surface area contributed by atoms with Crippen molar-refractivity contribution in [3.8, 4) is 0 Å². The van der Waals surface area contributed by atoms with Crippen LogP contribution >= 0.6 is 15.9 Å². The Morgan fingerprint density at radius 2 is 2.12 bits per heavy atom. The fourth-order valence-electron chi connectivity index (χ4n) is 1.62. The normalized spacial score (nSPS) is 10.5. The van der Waals surface area contributed by atoms with Crippen LogP contribution in [-0.4, -0.2) is 9.55 Å². The lowest BCUT2D eigenvalue weighted by atomic mass is 10.1. The van der Waals surface area contributed by atoms with E-state index in [0.717, 1.165) is 11.1 Å². The van der Waals surface area contributed by atoms with Crippen molar-refractivity contribution in [2.45, 2.75) is 13.5 Å². The minimum absolute atomic E-state index is 0.273. The Balaban J connectivity index is 2.47. The monoisotopic (exact) mass is 294 g/mol. The first-order chi connectivity index (χ1) is 8.08. The number of halogens is 1. The Morgan fingerprint density at radius 3 is 2.82 bits per heavy atom. The van der Waals surface area contributed by atoms with Crippen LogP contribution < -0.4 is 11.2 Å². The van der Waals surface area contributed by atoms with Gasteiger partial charge in [-0.1, -0.05) is 29.8 Å². The topological polar surface area (TPSA) is 54.9 Å². The molecule has 4 nitrogen and oxygen atoms in total. The molecule has 1 aromatic heterocycles. The Kier molecular flexibility index (Phi) is 3.28. The van der Waals surface area contributed by atoms with E-state index in [2.05, 4.69) is 20.9 Å². The third-order valence-corrected chi connectivity index (χ3v) is 3.01. The van der Waals surface area contributed by atoms with Gasteiger partial charge >= 0.3 is 5.69 Å². The van der Waals surface area contributed by atoms with Gasteiger partial charge in [-0.3, -0.25) is 9.36 Å². The molecule has 17 heavy (non-hydrogen) atoms. The highest BCUT2D eigenvalue weighted by Crippen LogP contribution is 2.05. The van der Waals surface area contributed by atoms with Crippen molar-refractivity contribution in [2.75, 3.05) is 0 Å². The van der Waals surface area contributed by atoms with Crippen LogP contribution in [-0.2, 0) is 6.54 Å². The van der Waals surface area contributed by atoms with E-state index in [1.54, 1.807) is 0 Å². The first-order valence-corrected chi connectivity index (χ1v) is 5.91. The molecule has 0 radical (unpaired) electrons. The predicted molar refractivity (Wildman–Crippen MR) is 69.3 cm³/mol. The van der Waals surface area contributed by atoms with Crippen molar-refractivity contribution >= 4 is 15.9 Å². The number of aromatic nitrogens is 2. The number of benzene rings is 1. The van der Waals surface area contributed by atoms with Gasteiger partial charge < -0.3 is 4.98 Å². The summed E-state index contributed by atoms with van der Waals surface area (Å²) in [5, 5.41) is 0. The molecule has 0 aliphatic carbocycles. The number of hydrogen-bond donors (Lipinski definition) is 1. The molecule has 2 aromatic rings. The van der Waals surface area contributed by atoms with Crippen LogP contribution in [0.4, 0.5) is 0 Å². The summed E-state index contributed by atoms with van der Waals surface area (Å²) in [6.07, 6.45) is 1.36. The van der Waals surface area contributed by atoms with Gasteiger partial charge in [-0.05, 0) is 28.4 Å². The number of H-pyrrole nitrogens is 1. The number of nitrogens with one attached hydrogen (secondary N) is 1. The van der Waals surface area contributed by atoms with Crippen molar-refractivity contribution in [2.24, 2.45) is 0 Å². The summed E-state index contributed by atoms with van der Waals surface area (Å²) in [6.45, 7) is 2.24. The zero-order valence-electron chi connectivity index (χ0n) is 9.24. The standard InChI is InChI=1S/C12H11BrN2O2/c1-8-3-2-4-9(5-8)7-15-11(16)10(13)6-14-12(15)17/h2-6H,7H2,1H3,(H,14,17). The molecule has 0 saturated heterocycles. The molecule has 1 heterocycles. The lowest BCUT2D eigenvalue weighted by molar-refractivity contribution is 0.693. The van der Waals surface area contributed by atoms with Crippen LogP contribution in [0.15, 0.2) is 44.5 Å². The summed E-state index contributed by atoms with van der Waals surface area (Å²) in [6, 6.07) is 7.71. The first kappa shape index (κ1) is 11.9. The van der Waals surface area contributed by atoms with Crippen molar-refractivity contribution in [3.05, 3.63) is 66.9 Å². The fourth-order valence-corrected chi connectivity index (χ4v) is 1.95. The lowest BCUT2D eigenvalue weighted by Gasteiger charge is -2.05. The summed E-state index contributed by atoms with van der Waals surface area (Å²) in [5.41, 5.74) is 1.30. The van der Waals surface area contributed by atoms with E-state index >= 15 is 0 Å². The van der Waals surface area contributed by atoms with E-state index in [9.17, 15) is 9.59 Å². The number of aryl methyl sites for hydroxylation is 1. The summed E-state index contributed by atoms with van der Waals surface area (Å²) in [7, 11) is 0. The smallest absolute Gasteiger partial charge is 0.313 e. The number of aromatic amines is 1. The van der Waals surface area contributed by atoms with Crippen LogP contribution in [0.3, 0.4) is 0 Å². The van der Waals surface area contributed by atoms with Crippen molar-refractivity contribution < 1.29 is 0 Å². The molecule has 0 saturated carbocycles. The number of nitrogens with zero attached hydrogens (tertiary/aromatic N) is 1. The van der Waals surface area contributed by atoms with E-state index in [0.29, 0.717) is 4.47 Å². The summed E-state index contributed by atoms with van der Waals surface area (Å²) < 4.78 is 1.52. The number of rotatable bonds is 2. The van der Waals surface area contributed by atoms with Gasteiger partial charge in [0, 0.05) is 6.20 Å². The van der Waals surface area contributed by atoms with Gasteiger partial charge in [0.25, 0.3) is 5.56 Å². The highest BCUT2D eigenvalue weighted by molar-refractivity contribution is 9.10. The molecule has 5 heteroatoms. The Labute approximate surface area is 106 Å². The van der Waals surface area contributed by atoms with Crippen LogP contribution in [0.1, 0.15) is 11.1 Å². The SMILES string of the molecule is Cc1cccc(Cn2c(=O)[nH]cc(Br)c2=O)c1. The molecule has 2 rings (SSSR count). The summed E-state index contributed by atoms with van der Waals surface area (Å²) in [4.78, 5) is 25.8. The van der Waals surface area contributed by atoms with Crippen molar-refractivity contribution in [1.82, 2.24) is 9.55 Å². The molecule has 0 unspecified atom stereocenters. The van der Waals surface area contributed by atoms with Crippen molar-refractivity contribution in [1.29, 1.82) is 0 Å². The van der Waals surface area contributed by atoms with Crippen LogP contribution in [0.25, 0.3) is 0 Å². The maximum atomic E-state index is 11.8. The maximum Gasteiger partial charge on any atom is 0.328 e. The number of hydrogen-bond acceptors (Lipinski definition) is 2. The minimum atomic E-state index is -0.403. The molecule has 0 spiro atoms. The fraction of sp³-hybridized carbons (Fsp3) is 0.167. The van der Waals surface area contributed by atoms with Gasteiger partial charge in [-0.2, -0.15) is 0 Å². The van der Waals surface area contributed by atoms with Gasteiger partial charge in [0.05, 0.1) is 11.0 Å². The van der Waals surface area contributed by atoms with E-state index in [4.69, 9.17) is 0 Å². The first-order valence-electron chi connectivity index (χ1n) is 5.11. The molecular weight excluding hydrogens is 284 g/mol. The van der Waals surface area contributed by atoms with Gasteiger partial charge in [0.15, 0.2) is 0 Å². The second-order valence-corrected chi connectivity index (χ2v) is 4.68. The van der Waals surface area contributed by atoms with Crippen LogP contribution in [0.5, 0.6) is 0 Å². The Bertz CT molecular complexity index is 658. The molecule has 1 aromatic carbocycles. The molecular formula is C12H11BrN2O2. The zero-order valence-corrected chi connectivity index (χ0v) is 10.8. The van der Waals surface area contributed by atoms with Crippen LogP contribution in [0, 0.1) is 6.92 Å². The molecule has 1 N–H and O–H groups in total. The predicted octanol–water partition coefficient (Wildman–Crippen LogP) is 1.66. The summed E-state index contributed by atoms with van der Waals surface area (Å²) >= 11 is 3.10. The lowest BCUT2D eigenvalue weighted by Crippen LogP contribution is -2.35. The van der Waals surface area contributed by atoms with E-state index < -0.39 is 5.69 Å². The highest BCUT2D eigenvalue weighted by Gasteiger charge is 2.05. The van der Waals surface area contributed by atoms with Crippen LogP contribution in [0.2, 0.25) is 0 Å². The van der Waals surface area contributed by atoms with Gasteiger partial charge in [-0.25, -0.2) is 4.79 Å². The molecule has 0 fully saturated rings. The average Bonchev–Trinajstić information content (AvgIpc) is 2.30. The third kappa shape index (κ3) is 2.55. The zero-order chi connectivity index (χ0) is 12.4. The Morgan fingerprint density at radius 1 is 1.35 bits per heavy atom. The molecule has 0 bridgehead atoms. The quantitative estimate of drug-likeness (QED) is 0.916. The molecule has 88 valence electrons. The van der Waals surface area contributed by atoms with Gasteiger partial charge in [-0.15, -0.1) is 0 Å². The average molecular weight is 295 g/mol. The largest absolute Gasteiger partial charge is 0.328 e. The second kappa shape index (κ2) is 4.71. The maximum absolute atomic E-state index is 11.8. The van der Waals surface area contributed by atoms with E-state index in [1.807, 2.05) is 31.2 Å². The molecule has 0 atom stereocenters. The molecule has 0 aliphatic heterocycles. The molecule has 0 amide bonds. The van der Waals surface area contributed by atoms with Gasteiger partial charge in [0.1, 0.15) is 0 Å². The van der Waals surface area contributed by atoms with E-state index in [1.165, 1.54) is 10.8 Å².